The molecule has 0 radical (unpaired) electrons. The minimum absolute atomic E-state index is 0.0701. The normalized spacial score (nSPS) is 11.1. The summed E-state index contributed by atoms with van der Waals surface area (Å²) in [5.41, 5.74) is 0. The number of carbonyl (C=O) groups excluding carboxylic acids is 1. The SMILES string of the molecule is C=CCCCN(C)C(=NCCC(=O)NCCC)NCC. The number of hydrogen-bond donors (Lipinski definition) is 2. The van der Waals surface area contributed by atoms with Gasteiger partial charge in [0.15, 0.2) is 5.96 Å². The van der Waals surface area contributed by atoms with E-state index < -0.39 is 0 Å². The van der Waals surface area contributed by atoms with Gasteiger partial charge in [0.05, 0.1) is 6.54 Å². The van der Waals surface area contributed by atoms with E-state index in [0.29, 0.717) is 13.0 Å². The third-order valence-electron chi connectivity index (χ3n) is 2.77. The molecule has 0 bridgehead atoms. The van der Waals surface area contributed by atoms with Crippen LogP contribution in [0.25, 0.3) is 0 Å². The Morgan fingerprint density at radius 3 is 2.70 bits per heavy atom. The zero-order valence-corrected chi connectivity index (χ0v) is 13.2. The van der Waals surface area contributed by atoms with Crippen LogP contribution >= 0.6 is 0 Å². The maximum atomic E-state index is 11.5. The fourth-order valence-electron chi connectivity index (χ4n) is 1.66. The van der Waals surface area contributed by atoms with Crippen molar-refractivity contribution in [3.05, 3.63) is 12.7 Å². The first kappa shape index (κ1) is 18.5. The lowest BCUT2D eigenvalue weighted by molar-refractivity contribution is -0.120. The molecule has 2 N–H and O–H groups in total. The van der Waals surface area contributed by atoms with Crippen LogP contribution in [0.15, 0.2) is 17.6 Å². The number of nitrogens with zero attached hydrogens (tertiary/aromatic N) is 2. The molecule has 20 heavy (non-hydrogen) atoms. The van der Waals surface area contributed by atoms with E-state index >= 15 is 0 Å². The van der Waals surface area contributed by atoms with Crippen LogP contribution in [0.1, 0.15) is 39.5 Å². The van der Waals surface area contributed by atoms with Crippen LogP contribution in [0.4, 0.5) is 0 Å². The average Bonchev–Trinajstić information content (AvgIpc) is 2.44. The zero-order chi connectivity index (χ0) is 15.2. The summed E-state index contributed by atoms with van der Waals surface area (Å²) in [6.45, 7) is 10.8. The summed E-state index contributed by atoms with van der Waals surface area (Å²) in [6.07, 6.45) is 5.39. The van der Waals surface area contributed by atoms with Crippen molar-refractivity contribution in [2.45, 2.75) is 39.5 Å². The highest BCUT2D eigenvalue weighted by atomic mass is 16.1. The van der Waals surface area contributed by atoms with Crippen LogP contribution in [-0.2, 0) is 4.79 Å². The van der Waals surface area contributed by atoms with Crippen molar-refractivity contribution in [3.8, 4) is 0 Å². The molecule has 0 saturated heterocycles. The molecule has 0 aromatic carbocycles. The van der Waals surface area contributed by atoms with Gasteiger partial charge in [0.2, 0.25) is 5.91 Å². The molecule has 0 unspecified atom stereocenters. The number of unbranched alkanes of at least 4 members (excludes halogenated alkanes) is 1. The van der Waals surface area contributed by atoms with E-state index in [-0.39, 0.29) is 5.91 Å². The van der Waals surface area contributed by atoms with Crippen molar-refractivity contribution in [3.63, 3.8) is 0 Å². The van der Waals surface area contributed by atoms with E-state index in [1.165, 1.54) is 0 Å². The van der Waals surface area contributed by atoms with Crippen LogP contribution in [0, 0.1) is 0 Å². The Labute approximate surface area is 123 Å². The number of hydrogen-bond acceptors (Lipinski definition) is 2. The lowest BCUT2D eigenvalue weighted by atomic mass is 10.3. The molecule has 5 heteroatoms. The first-order valence-electron chi connectivity index (χ1n) is 7.52. The second kappa shape index (κ2) is 12.5. The first-order chi connectivity index (χ1) is 9.65. The second-order valence-electron chi connectivity index (χ2n) is 4.69. The quantitative estimate of drug-likeness (QED) is 0.278. The van der Waals surface area contributed by atoms with E-state index in [0.717, 1.165) is 44.9 Å². The minimum Gasteiger partial charge on any atom is -0.357 e. The third-order valence-corrected chi connectivity index (χ3v) is 2.77. The first-order valence-corrected chi connectivity index (χ1v) is 7.52. The lowest BCUT2D eigenvalue weighted by Crippen LogP contribution is -2.39. The van der Waals surface area contributed by atoms with Crippen molar-refractivity contribution < 1.29 is 4.79 Å². The average molecular weight is 282 g/mol. The topological polar surface area (TPSA) is 56.7 Å². The number of nitrogens with one attached hydrogen (secondary N) is 2. The Morgan fingerprint density at radius 1 is 1.35 bits per heavy atom. The van der Waals surface area contributed by atoms with Gasteiger partial charge >= 0.3 is 0 Å². The fraction of sp³-hybridized carbons (Fsp3) is 0.733. The van der Waals surface area contributed by atoms with E-state index in [4.69, 9.17) is 0 Å². The molecule has 0 spiro atoms. The molecular formula is C15H30N4O. The van der Waals surface area contributed by atoms with E-state index in [2.05, 4.69) is 27.1 Å². The van der Waals surface area contributed by atoms with Gasteiger partial charge in [-0.3, -0.25) is 9.79 Å². The summed E-state index contributed by atoms with van der Waals surface area (Å²) >= 11 is 0. The van der Waals surface area contributed by atoms with Gasteiger partial charge in [-0.1, -0.05) is 13.0 Å². The Bertz CT molecular complexity index is 302. The van der Waals surface area contributed by atoms with Crippen LogP contribution < -0.4 is 10.6 Å². The molecule has 0 aromatic rings. The van der Waals surface area contributed by atoms with Gasteiger partial charge in [-0.2, -0.15) is 0 Å². The van der Waals surface area contributed by atoms with Crippen molar-refractivity contribution in [2.24, 2.45) is 4.99 Å². The largest absolute Gasteiger partial charge is 0.357 e. The molecule has 0 aliphatic heterocycles. The fourth-order valence-corrected chi connectivity index (χ4v) is 1.66. The summed E-state index contributed by atoms with van der Waals surface area (Å²) in [7, 11) is 2.02. The van der Waals surface area contributed by atoms with Crippen LogP contribution in [-0.4, -0.2) is 50.0 Å². The monoisotopic (exact) mass is 282 g/mol. The van der Waals surface area contributed by atoms with Crippen molar-refractivity contribution in [2.75, 3.05) is 33.2 Å². The molecule has 0 rings (SSSR count). The molecule has 0 saturated carbocycles. The van der Waals surface area contributed by atoms with Gasteiger partial charge < -0.3 is 15.5 Å². The maximum Gasteiger partial charge on any atom is 0.221 e. The van der Waals surface area contributed by atoms with E-state index in [9.17, 15) is 4.79 Å². The molecule has 1 amide bonds. The highest BCUT2D eigenvalue weighted by Crippen LogP contribution is 1.95. The second-order valence-corrected chi connectivity index (χ2v) is 4.69. The minimum atomic E-state index is 0.0701. The predicted molar refractivity (Wildman–Crippen MR) is 86.0 cm³/mol. The predicted octanol–water partition coefficient (Wildman–Crippen LogP) is 1.77. The highest BCUT2D eigenvalue weighted by molar-refractivity contribution is 5.80. The van der Waals surface area contributed by atoms with Gasteiger partial charge in [-0.25, -0.2) is 0 Å². The van der Waals surface area contributed by atoms with Crippen molar-refractivity contribution in [1.29, 1.82) is 0 Å². The van der Waals surface area contributed by atoms with Gasteiger partial charge in [-0.15, -0.1) is 6.58 Å². The molecule has 5 nitrogen and oxygen atoms in total. The Kier molecular flexibility index (Phi) is 11.6. The molecule has 0 heterocycles. The summed E-state index contributed by atoms with van der Waals surface area (Å²) in [5.74, 6) is 0.931. The van der Waals surface area contributed by atoms with Gasteiger partial charge in [0.25, 0.3) is 0 Å². The number of carbonyl (C=O) groups is 1. The van der Waals surface area contributed by atoms with E-state index in [1.54, 1.807) is 0 Å². The van der Waals surface area contributed by atoms with Crippen LogP contribution in [0.3, 0.4) is 0 Å². The smallest absolute Gasteiger partial charge is 0.221 e. The lowest BCUT2D eigenvalue weighted by Gasteiger charge is -2.21. The number of aliphatic imine (C=N–C) groups is 1. The Balaban J connectivity index is 4.17. The van der Waals surface area contributed by atoms with Crippen molar-refractivity contribution in [1.82, 2.24) is 15.5 Å². The number of amides is 1. The van der Waals surface area contributed by atoms with Crippen LogP contribution in [0.2, 0.25) is 0 Å². The van der Waals surface area contributed by atoms with Gasteiger partial charge in [-0.05, 0) is 26.2 Å². The standard InChI is InChI=1S/C15H30N4O/c1-5-8-9-13-19(4)15(16-7-3)18-12-10-14(20)17-11-6-2/h5H,1,6-13H2,2-4H3,(H,16,18)(H,17,20). The van der Waals surface area contributed by atoms with Gasteiger partial charge in [0, 0.05) is 33.1 Å². The summed E-state index contributed by atoms with van der Waals surface area (Å²) in [6, 6.07) is 0. The Morgan fingerprint density at radius 2 is 2.10 bits per heavy atom. The number of allylic oxidation sites excluding steroid dienone is 1. The molecule has 0 atom stereocenters. The summed E-state index contributed by atoms with van der Waals surface area (Å²) < 4.78 is 0. The molecular weight excluding hydrogens is 252 g/mol. The molecule has 0 aliphatic carbocycles. The van der Waals surface area contributed by atoms with Crippen LogP contribution in [0.5, 0.6) is 0 Å². The molecule has 0 aromatic heterocycles. The summed E-state index contributed by atoms with van der Waals surface area (Å²) in [4.78, 5) is 18.1. The van der Waals surface area contributed by atoms with Crippen molar-refractivity contribution >= 4 is 11.9 Å². The highest BCUT2D eigenvalue weighted by Gasteiger charge is 2.05. The summed E-state index contributed by atoms with van der Waals surface area (Å²) in [5, 5.41) is 6.10. The third kappa shape index (κ3) is 9.42. The Hall–Kier alpha value is -1.52. The zero-order valence-electron chi connectivity index (χ0n) is 13.2. The molecule has 0 aliphatic rings. The molecule has 0 fully saturated rings. The number of guanidine groups is 1. The van der Waals surface area contributed by atoms with Gasteiger partial charge in [0.1, 0.15) is 0 Å². The van der Waals surface area contributed by atoms with E-state index in [1.807, 2.05) is 27.0 Å². The maximum absolute atomic E-state index is 11.5. The molecule has 116 valence electrons. The number of rotatable bonds is 10.